The van der Waals surface area contributed by atoms with Gasteiger partial charge in [-0.3, -0.25) is 0 Å². The van der Waals surface area contributed by atoms with Gasteiger partial charge >= 0.3 is 0 Å². The fourth-order valence-corrected chi connectivity index (χ4v) is 16.1. The van der Waals surface area contributed by atoms with E-state index in [9.17, 15) is 41.1 Å². The molecular formula is C118H132BN3. The van der Waals surface area contributed by atoms with Gasteiger partial charge in [-0.05, 0) is 231 Å². The second-order valence-electron chi connectivity index (χ2n) is 43.6. The van der Waals surface area contributed by atoms with Crippen LogP contribution < -0.4 is 26.2 Å². The molecule has 2 aliphatic heterocycles. The van der Waals surface area contributed by atoms with E-state index in [1.165, 1.54) is 33.7 Å². The summed E-state index contributed by atoms with van der Waals surface area (Å²) in [7, 11) is 0. The van der Waals surface area contributed by atoms with Gasteiger partial charge in [0.25, 0.3) is 6.71 Å². The van der Waals surface area contributed by atoms with E-state index in [0.29, 0.717) is 11.1 Å². The lowest BCUT2D eigenvalue weighted by Gasteiger charge is -2.46. The summed E-state index contributed by atoms with van der Waals surface area (Å²) in [4.78, 5) is 3.12. The number of hydrogen-bond donors (Lipinski definition) is 0. The summed E-state index contributed by atoms with van der Waals surface area (Å²) >= 11 is 0. The second kappa shape index (κ2) is 29.5. The molecule has 0 bridgehead atoms. The van der Waals surface area contributed by atoms with Gasteiger partial charge in [0, 0.05) is 55.8 Å². The number of para-hydroxylation sites is 2. The van der Waals surface area contributed by atoms with Crippen molar-refractivity contribution in [3.05, 3.63) is 310 Å². The van der Waals surface area contributed by atoms with Crippen molar-refractivity contribution in [3.8, 4) is 72.4 Å². The van der Waals surface area contributed by atoms with Gasteiger partial charge in [0.1, 0.15) is 0 Å². The third kappa shape index (κ3) is 15.6. The molecule has 3 nitrogen and oxygen atoms in total. The van der Waals surface area contributed by atoms with Crippen molar-refractivity contribution in [1.82, 2.24) is 4.57 Å². The molecule has 4 heteroatoms. The van der Waals surface area contributed by atoms with Gasteiger partial charge in [0.05, 0.1) is 70.6 Å². The minimum atomic E-state index is -1.47. The summed E-state index contributed by atoms with van der Waals surface area (Å²) < 4.78 is 329. The van der Waals surface area contributed by atoms with E-state index in [0.717, 1.165) is 11.1 Å². The Morgan fingerprint density at radius 3 is 1.01 bits per heavy atom. The molecule has 0 saturated carbocycles. The summed E-state index contributed by atoms with van der Waals surface area (Å²) in [5.41, 5.74) is -14.9. The van der Waals surface area contributed by atoms with E-state index in [-0.39, 0.29) is 124 Å². The summed E-state index contributed by atoms with van der Waals surface area (Å²) in [5, 5.41) is -0.884. The average Bonchev–Trinajstić information content (AvgIpc) is 1.28. The predicted molar refractivity (Wildman–Crippen MR) is 534 cm³/mol. The van der Waals surface area contributed by atoms with Crippen LogP contribution in [0.5, 0.6) is 0 Å². The number of rotatable bonds is 9. The quantitative estimate of drug-likeness (QED) is 0.133. The maximum atomic E-state index is 11.8. The van der Waals surface area contributed by atoms with Crippen LogP contribution in [0.1, 0.15) is 306 Å². The summed E-state index contributed by atoms with van der Waals surface area (Å²) in [6, 6.07) is -0.822. The van der Waals surface area contributed by atoms with Crippen LogP contribution in [0.25, 0.3) is 94.3 Å². The highest BCUT2D eigenvalue weighted by atomic mass is 15.2. The zero-order valence-electron chi connectivity index (χ0n) is 108. The molecule has 0 radical (unpaired) electrons. The Bertz CT molecular complexity index is 8210. The molecule has 0 fully saturated rings. The van der Waals surface area contributed by atoms with Crippen LogP contribution in [0.4, 0.5) is 34.1 Å². The van der Waals surface area contributed by atoms with Crippen LogP contribution >= 0.6 is 0 Å². The molecular weight excluding hydrogens is 1470 g/mol. The van der Waals surface area contributed by atoms with Crippen molar-refractivity contribution in [3.63, 3.8) is 0 Å². The summed E-state index contributed by atoms with van der Waals surface area (Å²) in [6.07, 6.45) is 0. The molecule has 0 N–H and O–H groups in total. The second-order valence-corrected chi connectivity index (χ2v) is 43.6. The number of anilines is 6. The van der Waals surface area contributed by atoms with Gasteiger partial charge in [0.15, 0.2) is 0 Å². The normalized spacial score (nSPS) is 17.3. The molecule has 0 aliphatic carbocycles. The summed E-state index contributed by atoms with van der Waals surface area (Å²) in [5.74, 6) is 0. The number of aromatic nitrogens is 1. The largest absolute Gasteiger partial charge is 0.310 e. The maximum absolute atomic E-state index is 11.8. The highest BCUT2D eigenvalue weighted by Crippen LogP contribution is 2.58. The Morgan fingerprint density at radius 2 is 0.598 bits per heavy atom. The van der Waals surface area contributed by atoms with E-state index in [1.54, 1.807) is 177 Å². The Balaban J connectivity index is 1.36. The molecule has 3 heterocycles. The third-order valence-corrected chi connectivity index (χ3v) is 23.3. The number of hydrogen-bond acceptors (Lipinski definition) is 2. The molecule has 0 spiro atoms. The highest BCUT2D eigenvalue weighted by molar-refractivity contribution is 7.00. The monoisotopic (exact) mass is 1630 g/mol. The van der Waals surface area contributed by atoms with E-state index < -0.39 is 303 Å². The van der Waals surface area contributed by atoms with Gasteiger partial charge in [-0.2, -0.15) is 0 Å². The van der Waals surface area contributed by atoms with E-state index >= 15 is 0 Å². The first kappa shape index (κ1) is 54.7. The summed E-state index contributed by atoms with van der Waals surface area (Å²) in [6.45, 7) is 53.1. The van der Waals surface area contributed by atoms with Crippen LogP contribution in [0.15, 0.2) is 254 Å². The van der Waals surface area contributed by atoms with Gasteiger partial charge in [-0.25, -0.2) is 0 Å². The molecule has 2 aliphatic rings. The molecule has 0 saturated heterocycles. The van der Waals surface area contributed by atoms with Crippen LogP contribution in [0.3, 0.4) is 0 Å². The van der Waals surface area contributed by atoms with Crippen molar-refractivity contribution < 1.29 is 42.5 Å². The molecule has 0 unspecified atom stereocenters. The average molecular weight is 1630 g/mol. The predicted octanol–water partition coefficient (Wildman–Crippen LogP) is 31.8. The topological polar surface area (TPSA) is 11.4 Å². The minimum Gasteiger partial charge on any atom is -0.310 e. The smallest absolute Gasteiger partial charge is 0.252 e. The van der Waals surface area contributed by atoms with Crippen molar-refractivity contribution in [2.45, 2.75) is 262 Å². The molecule has 0 amide bonds. The molecule has 16 rings (SSSR count). The molecule has 1 aromatic heterocycles. The standard InChI is InChI=1S/C118H132BN3/c1-109(2,3)80-50-44-74(45-51-80)93-66-87(116(22,23)24)68-95(79-60-85(114(16,17)18)65-86(61-79)115(19,20)21)107(93)121-103-63-77(78-58-83(112(10,11)12)64-84(59-78)113(13,14)15)49-57-99(103)119-98-56-48-76(73-38-32-31-33-39-73)62-102(98)122(105-72-89(71-104(121)106(105)119)120-100-42-36-34-40-91(100)92-41-35-37-43-101(92)120)108-94(75-46-52-81(53-47-75)110(4,5)6)67-88(117(25,26)27)69-96(108)90-55-54-82(111(7,8)9)70-97(90)118(28,29)30/h31-72H,1-30H3/i31D,32D,33D,34D,35D,36D,37D,38D,39D,40D,41D,42D,43D,44D,45D,46D,47D,50D,51D,52D,53D,54D,55D,60D,61D,65D,66D,67D,68D,69D,70D. The molecule has 14 aromatic rings. The molecule has 13 aromatic carbocycles. The number of benzene rings is 13. The van der Waals surface area contributed by atoms with Gasteiger partial charge in [0.2, 0.25) is 0 Å². The van der Waals surface area contributed by atoms with Crippen LogP contribution in [0, 0.1) is 0 Å². The first-order chi connectivity index (χ1) is 69.8. The van der Waals surface area contributed by atoms with Crippen LogP contribution in [-0.4, -0.2) is 11.3 Å². The lowest BCUT2D eigenvalue weighted by molar-refractivity contribution is 0.568. The Hall–Kier alpha value is -10.7. The Labute approximate surface area is 776 Å². The fourth-order valence-electron chi connectivity index (χ4n) is 16.1. The van der Waals surface area contributed by atoms with E-state index in [2.05, 4.69) is 47.6 Å². The third-order valence-electron chi connectivity index (χ3n) is 23.3. The van der Waals surface area contributed by atoms with Crippen LogP contribution in [0.2, 0.25) is 0 Å². The van der Waals surface area contributed by atoms with Gasteiger partial charge in [-0.15, -0.1) is 0 Å². The van der Waals surface area contributed by atoms with Gasteiger partial charge in [-0.1, -0.05) is 401 Å². The first-order valence-electron chi connectivity index (χ1n) is 58.0. The van der Waals surface area contributed by atoms with E-state index in [1.807, 2.05) is 30.3 Å². The van der Waals surface area contributed by atoms with E-state index in [4.69, 9.17) is 1.37 Å². The van der Waals surface area contributed by atoms with Crippen molar-refractivity contribution >= 4 is 79.0 Å². The Morgan fingerprint density at radius 1 is 0.238 bits per heavy atom. The van der Waals surface area contributed by atoms with Crippen molar-refractivity contribution in [1.29, 1.82) is 0 Å². The SMILES string of the molecule is [2H]c1c([2H])c([2H])c(-c2ccc3c(c2)N(c2c(-c4c([2H])c([2H])c(C(C)(C)C)c([2H])c4[2H])c([2H])c(C(C)(C)C)c([2H])c2-c2c([2H])c([2H])c(C(C)(C)C)c([2H])c2C(C)(C)C)c2cc(-n4c5c([2H])c([2H])c([2H])c([2H])c5c5c([2H])c([2H])c([2H])c([2H])c54)cc4c2B3c2ccc(-c3cc(C(C)(C)C)cc(C(C)(C)C)c3)cc2N4c2c(-c3c([2H])c([2H])c(C(C)(C)C)c([2H])c3[2H])c([2H])c(C(C)(C)C)c([2H])c2-c2c([2H])c(C(C)(C)C)c([2H])c(C(C)(C)C)c2[2H])c([2H])c1[2H]. The molecule has 0 atom stereocenters. The van der Waals surface area contributed by atoms with Crippen LogP contribution in [-0.2, 0) is 54.1 Å². The minimum absolute atomic E-state index is 0.00316. The first-order valence-corrected chi connectivity index (χ1v) is 42.5. The van der Waals surface area contributed by atoms with Gasteiger partial charge < -0.3 is 14.4 Å². The maximum Gasteiger partial charge on any atom is 0.252 e. The molecule has 122 heavy (non-hydrogen) atoms. The van der Waals surface area contributed by atoms with Crippen molar-refractivity contribution in [2.75, 3.05) is 9.80 Å². The number of nitrogens with zero attached hydrogens (tertiary/aromatic N) is 3. The lowest BCUT2D eigenvalue weighted by atomic mass is 9.33. The number of fused-ring (bicyclic) bond motifs is 7. The lowest BCUT2D eigenvalue weighted by Crippen LogP contribution is -2.61. The zero-order chi connectivity index (χ0) is 115. The fraction of sp³-hybridized carbons (Fsp3) is 0.339. The molecule has 622 valence electrons. The Kier molecular flexibility index (Phi) is 13.2. The zero-order valence-corrected chi connectivity index (χ0v) is 76.8. The highest BCUT2D eigenvalue weighted by Gasteiger charge is 2.47. The van der Waals surface area contributed by atoms with Crippen molar-refractivity contribution in [2.24, 2.45) is 0 Å².